The van der Waals surface area contributed by atoms with Gasteiger partial charge in [0, 0.05) is 29.7 Å². The van der Waals surface area contributed by atoms with Crippen LogP contribution in [0.2, 0.25) is 0 Å². The smallest absolute Gasteiger partial charge is 0.229 e. The van der Waals surface area contributed by atoms with E-state index < -0.39 is 0 Å². The van der Waals surface area contributed by atoms with Crippen molar-refractivity contribution in [3.05, 3.63) is 54.5 Å². The van der Waals surface area contributed by atoms with Crippen LogP contribution in [-0.2, 0) is 0 Å². The SMILES string of the molecule is COc1cc(Nc2ccnc(Nc3ccc(F)cc3)n2)cc(OC)c1OC. The Kier molecular flexibility index (Phi) is 5.55. The van der Waals surface area contributed by atoms with Crippen molar-refractivity contribution in [3.8, 4) is 17.2 Å². The van der Waals surface area contributed by atoms with Gasteiger partial charge in [-0.25, -0.2) is 9.37 Å². The van der Waals surface area contributed by atoms with Crippen LogP contribution in [0.25, 0.3) is 0 Å². The van der Waals surface area contributed by atoms with Crippen LogP contribution in [0.3, 0.4) is 0 Å². The number of methoxy groups -OCH3 is 3. The van der Waals surface area contributed by atoms with Crippen molar-refractivity contribution in [1.29, 1.82) is 0 Å². The number of aromatic nitrogens is 2. The molecule has 0 saturated heterocycles. The van der Waals surface area contributed by atoms with Crippen LogP contribution in [0.15, 0.2) is 48.7 Å². The lowest BCUT2D eigenvalue weighted by atomic mass is 10.2. The van der Waals surface area contributed by atoms with Crippen LogP contribution in [-0.4, -0.2) is 31.3 Å². The molecule has 0 aliphatic heterocycles. The van der Waals surface area contributed by atoms with Gasteiger partial charge in [0.2, 0.25) is 11.7 Å². The molecule has 0 spiro atoms. The van der Waals surface area contributed by atoms with Crippen LogP contribution in [0.1, 0.15) is 0 Å². The summed E-state index contributed by atoms with van der Waals surface area (Å²) in [6.45, 7) is 0. The van der Waals surface area contributed by atoms with Crippen LogP contribution in [0, 0.1) is 5.82 Å². The fourth-order valence-corrected chi connectivity index (χ4v) is 2.45. The topological polar surface area (TPSA) is 77.5 Å². The van der Waals surface area contributed by atoms with E-state index in [0.29, 0.717) is 40.4 Å². The number of nitrogens with zero attached hydrogens (tertiary/aromatic N) is 2. The summed E-state index contributed by atoms with van der Waals surface area (Å²) in [6, 6.07) is 11.2. The summed E-state index contributed by atoms with van der Waals surface area (Å²) in [5.74, 6) is 2.19. The minimum atomic E-state index is -0.306. The Balaban J connectivity index is 1.82. The van der Waals surface area contributed by atoms with E-state index in [1.807, 2.05) is 0 Å². The molecule has 2 aromatic carbocycles. The largest absolute Gasteiger partial charge is 0.493 e. The lowest BCUT2D eigenvalue weighted by Crippen LogP contribution is -2.01. The summed E-state index contributed by atoms with van der Waals surface area (Å²) in [5.41, 5.74) is 1.39. The van der Waals surface area contributed by atoms with Crippen molar-refractivity contribution in [3.63, 3.8) is 0 Å². The fourth-order valence-electron chi connectivity index (χ4n) is 2.45. The molecular formula is C19H19FN4O3. The first-order chi connectivity index (χ1) is 13.1. The first kappa shape index (κ1) is 18.2. The van der Waals surface area contributed by atoms with Crippen LogP contribution in [0.5, 0.6) is 17.2 Å². The zero-order valence-electron chi connectivity index (χ0n) is 15.1. The summed E-state index contributed by atoms with van der Waals surface area (Å²) in [7, 11) is 4.65. The first-order valence-corrected chi connectivity index (χ1v) is 8.05. The van der Waals surface area contributed by atoms with E-state index in [-0.39, 0.29) is 5.82 Å². The van der Waals surface area contributed by atoms with Gasteiger partial charge in [-0.05, 0) is 30.3 Å². The molecule has 7 nitrogen and oxygen atoms in total. The summed E-state index contributed by atoms with van der Waals surface area (Å²) in [5, 5.41) is 6.20. The molecule has 2 N–H and O–H groups in total. The van der Waals surface area contributed by atoms with Crippen LogP contribution in [0.4, 0.5) is 27.5 Å². The number of ether oxygens (including phenoxy) is 3. The normalized spacial score (nSPS) is 10.2. The number of nitrogens with one attached hydrogen (secondary N) is 2. The van der Waals surface area contributed by atoms with Crippen molar-refractivity contribution in [1.82, 2.24) is 9.97 Å². The first-order valence-electron chi connectivity index (χ1n) is 8.05. The molecule has 0 aliphatic rings. The molecule has 0 bridgehead atoms. The van der Waals surface area contributed by atoms with E-state index in [1.54, 1.807) is 57.9 Å². The molecule has 0 saturated carbocycles. The maximum Gasteiger partial charge on any atom is 0.229 e. The number of anilines is 4. The standard InChI is InChI=1S/C19H19FN4O3/c1-25-15-10-14(11-16(26-2)18(15)27-3)22-17-8-9-21-19(24-17)23-13-6-4-12(20)5-7-13/h4-11H,1-3H3,(H2,21,22,23,24). The second-order valence-electron chi connectivity index (χ2n) is 5.44. The van der Waals surface area contributed by atoms with Gasteiger partial charge in [0.1, 0.15) is 11.6 Å². The fraction of sp³-hybridized carbons (Fsp3) is 0.158. The molecule has 0 unspecified atom stereocenters. The third-order valence-electron chi connectivity index (χ3n) is 3.69. The lowest BCUT2D eigenvalue weighted by Gasteiger charge is -2.15. The van der Waals surface area contributed by atoms with Gasteiger partial charge >= 0.3 is 0 Å². The second-order valence-corrected chi connectivity index (χ2v) is 5.44. The van der Waals surface area contributed by atoms with Gasteiger partial charge in [-0.2, -0.15) is 4.98 Å². The number of halogens is 1. The molecule has 0 fully saturated rings. The van der Waals surface area contributed by atoms with E-state index >= 15 is 0 Å². The highest BCUT2D eigenvalue weighted by molar-refractivity contribution is 5.67. The van der Waals surface area contributed by atoms with Gasteiger partial charge < -0.3 is 24.8 Å². The Morgan fingerprint density at radius 3 is 2.07 bits per heavy atom. The third kappa shape index (κ3) is 4.35. The molecule has 3 aromatic rings. The Morgan fingerprint density at radius 1 is 0.815 bits per heavy atom. The Morgan fingerprint density at radius 2 is 1.48 bits per heavy atom. The highest BCUT2D eigenvalue weighted by atomic mass is 19.1. The molecule has 0 radical (unpaired) electrons. The van der Waals surface area contributed by atoms with Gasteiger partial charge in [-0.1, -0.05) is 0 Å². The third-order valence-corrected chi connectivity index (χ3v) is 3.69. The monoisotopic (exact) mass is 370 g/mol. The molecule has 27 heavy (non-hydrogen) atoms. The Bertz CT molecular complexity index is 894. The summed E-state index contributed by atoms with van der Waals surface area (Å²) in [6.07, 6.45) is 1.61. The number of hydrogen-bond acceptors (Lipinski definition) is 7. The van der Waals surface area contributed by atoms with E-state index in [9.17, 15) is 4.39 Å². The summed E-state index contributed by atoms with van der Waals surface area (Å²) < 4.78 is 29.0. The molecule has 140 valence electrons. The van der Waals surface area contributed by atoms with Gasteiger partial charge in [0.15, 0.2) is 11.5 Å². The molecule has 0 amide bonds. The van der Waals surface area contributed by atoms with E-state index in [2.05, 4.69) is 20.6 Å². The predicted octanol–water partition coefficient (Wildman–Crippen LogP) is 4.13. The van der Waals surface area contributed by atoms with Crippen molar-refractivity contribution in [2.45, 2.75) is 0 Å². The van der Waals surface area contributed by atoms with Gasteiger partial charge in [-0.15, -0.1) is 0 Å². The van der Waals surface area contributed by atoms with Crippen molar-refractivity contribution in [2.75, 3.05) is 32.0 Å². The highest BCUT2D eigenvalue weighted by Gasteiger charge is 2.13. The van der Waals surface area contributed by atoms with Crippen molar-refractivity contribution < 1.29 is 18.6 Å². The second kappa shape index (κ2) is 8.22. The maximum absolute atomic E-state index is 13.0. The van der Waals surface area contributed by atoms with Gasteiger partial charge in [0.05, 0.1) is 21.3 Å². The molecule has 8 heteroatoms. The molecule has 0 aliphatic carbocycles. The predicted molar refractivity (Wildman–Crippen MR) is 101 cm³/mol. The maximum atomic E-state index is 13.0. The molecule has 1 heterocycles. The van der Waals surface area contributed by atoms with Crippen molar-refractivity contribution >= 4 is 23.1 Å². The number of rotatable bonds is 7. The van der Waals surface area contributed by atoms with E-state index in [4.69, 9.17) is 14.2 Å². The van der Waals surface area contributed by atoms with E-state index in [0.717, 1.165) is 0 Å². The average Bonchev–Trinajstić information content (AvgIpc) is 2.69. The van der Waals surface area contributed by atoms with E-state index in [1.165, 1.54) is 12.1 Å². The highest BCUT2D eigenvalue weighted by Crippen LogP contribution is 2.40. The van der Waals surface area contributed by atoms with Crippen molar-refractivity contribution in [2.24, 2.45) is 0 Å². The zero-order chi connectivity index (χ0) is 19.2. The van der Waals surface area contributed by atoms with Crippen LogP contribution >= 0.6 is 0 Å². The Hall–Kier alpha value is -3.55. The average molecular weight is 370 g/mol. The minimum Gasteiger partial charge on any atom is -0.493 e. The quantitative estimate of drug-likeness (QED) is 0.647. The number of hydrogen-bond donors (Lipinski definition) is 2. The summed E-state index contributed by atoms with van der Waals surface area (Å²) in [4.78, 5) is 8.57. The molecular weight excluding hydrogens is 351 g/mol. The van der Waals surface area contributed by atoms with Gasteiger partial charge in [0.25, 0.3) is 0 Å². The summed E-state index contributed by atoms with van der Waals surface area (Å²) >= 11 is 0. The number of benzene rings is 2. The Labute approximate surface area is 156 Å². The van der Waals surface area contributed by atoms with Gasteiger partial charge in [-0.3, -0.25) is 0 Å². The molecule has 1 aromatic heterocycles. The zero-order valence-corrected chi connectivity index (χ0v) is 15.1. The molecule has 3 rings (SSSR count). The minimum absolute atomic E-state index is 0.306. The lowest BCUT2D eigenvalue weighted by molar-refractivity contribution is 0.324. The van der Waals surface area contributed by atoms with Crippen LogP contribution < -0.4 is 24.8 Å². The molecule has 0 atom stereocenters.